The van der Waals surface area contributed by atoms with Crippen LogP contribution in [0.4, 0.5) is 8.78 Å². The third-order valence-corrected chi connectivity index (χ3v) is 6.86. The zero-order valence-electron chi connectivity index (χ0n) is 17.4. The van der Waals surface area contributed by atoms with Crippen molar-refractivity contribution in [1.82, 2.24) is 15.5 Å². The quantitative estimate of drug-likeness (QED) is 0.423. The maximum absolute atomic E-state index is 15.1. The van der Waals surface area contributed by atoms with Gasteiger partial charge in [-0.15, -0.1) is 0 Å². The summed E-state index contributed by atoms with van der Waals surface area (Å²) in [5, 5.41) is 5.55. The normalized spacial score (nSPS) is 31.3. The van der Waals surface area contributed by atoms with Gasteiger partial charge in [-0.1, -0.05) is 13.8 Å². The number of halogens is 2. The average molecular weight is 433 g/mol. The summed E-state index contributed by atoms with van der Waals surface area (Å²) in [6, 6.07) is -1.08. The summed E-state index contributed by atoms with van der Waals surface area (Å²) in [6.45, 7) is 5.53. The zero-order chi connectivity index (χ0) is 22.4. The molecule has 1 aromatic carbocycles. The Morgan fingerprint density at radius 3 is 2.48 bits per heavy atom. The first-order valence-corrected chi connectivity index (χ1v) is 10.5. The Morgan fingerprint density at radius 2 is 1.87 bits per heavy atom. The summed E-state index contributed by atoms with van der Waals surface area (Å²) in [4.78, 5) is 49.5. The fraction of sp³-hybridized carbons (Fsp3) is 0.545. The molecule has 9 heteroatoms. The minimum atomic E-state index is -1.39. The van der Waals surface area contributed by atoms with Crippen LogP contribution in [0, 0.1) is 23.5 Å². The molecule has 1 aromatic rings. The summed E-state index contributed by atoms with van der Waals surface area (Å²) in [5.74, 6) is -3.98. The number of hydrogen-bond donors (Lipinski definition) is 2. The van der Waals surface area contributed by atoms with Crippen LogP contribution in [-0.4, -0.2) is 47.9 Å². The van der Waals surface area contributed by atoms with Gasteiger partial charge in [0.15, 0.2) is 17.9 Å². The number of ketones is 1. The highest BCUT2D eigenvalue weighted by Gasteiger charge is 2.47. The smallest absolute Gasteiger partial charge is 0.243 e. The van der Waals surface area contributed by atoms with Gasteiger partial charge < -0.3 is 5.32 Å². The van der Waals surface area contributed by atoms with Gasteiger partial charge in [0.1, 0.15) is 6.04 Å². The highest BCUT2D eigenvalue weighted by molar-refractivity contribution is 6.27. The molecule has 4 unspecified atom stereocenters. The average Bonchev–Trinajstić information content (AvgIpc) is 3.11. The summed E-state index contributed by atoms with van der Waals surface area (Å²) in [5.41, 5.74) is 0.929. The number of amides is 2. The van der Waals surface area contributed by atoms with E-state index in [9.17, 15) is 23.6 Å². The van der Waals surface area contributed by atoms with Gasteiger partial charge in [0.2, 0.25) is 17.6 Å². The van der Waals surface area contributed by atoms with Crippen molar-refractivity contribution in [2.45, 2.75) is 51.2 Å². The number of nitrogens with zero attached hydrogens (tertiary/aromatic N) is 1. The molecular formula is C22H25F2N3O4. The summed E-state index contributed by atoms with van der Waals surface area (Å²) < 4.78 is 29.8. The molecule has 4 rings (SSSR count). The number of carbonyl (C=O) groups is 4. The zero-order valence-corrected chi connectivity index (χ0v) is 17.4. The van der Waals surface area contributed by atoms with Crippen LogP contribution in [0.25, 0.3) is 0 Å². The number of benzene rings is 1. The van der Waals surface area contributed by atoms with Gasteiger partial charge in [-0.25, -0.2) is 8.78 Å². The lowest BCUT2D eigenvalue weighted by molar-refractivity contribution is -0.141. The fourth-order valence-electron chi connectivity index (χ4n) is 5.53. The first kappa shape index (κ1) is 21.7. The molecule has 7 nitrogen and oxygen atoms in total. The second kappa shape index (κ2) is 8.20. The van der Waals surface area contributed by atoms with E-state index in [1.54, 1.807) is 0 Å². The van der Waals surface area contributed by atoms with Gasteiger partial charge >= 0.3 is 0 Å². The molecule has 0 saturated carbocycles. The minimum absolute atomic E-state index is 0.0295. The third-order valence-electron chi connectivity index (χ3n) is 6.86. The maximum atomic E-state index is 15.1. The lowest BCUT2D eigenvalue weighted by Gasteiger charge is -2.37. The van der Waals surface area contributed by atoms with E-state index in [4.69, 9.17) is 0 Å². The van der Waals surface area contributed by atoms with Crippen molar-refractivity contribution in [2.75, 3.05) is 13.1 Å². The lowest BCUT2D eigenvalue weighted by atomic mass is 9.73. The molecule has 0 aromatic heterocycles. The Hall–Kier alpha value is -2.52. The van der Waals surface area contributed by atoms with E-state index in [-0.39, 0.29) is 49.0 Å². The number of fused-ring (bicyclic) bond motifs is 1. The van der Waals surface area contributed by atoms with Gasteiger partial charge in [-0.2, -0.15) is 0 Å². The first-order chi connectivity index (χ1) is 14.7. The van der Waals surface area contributed by atoms with Crippen molar-refractivity contribution in [3.8, 4) is 0 Å². The van der Waals surface area contributed by atoms with E-state index in [0.717, 1.165) is 13.1 Å². The van der Waals surface area contributed by atoms with Gasteiger partial charge in [-0.05, 0) is 54.5 Å². The van der Waals surface area contributed by atoms with Crippen LogP contribution in [0.5, 0.6) is 0 Å². The molecule has 0 aliphatic carbocycles. The van der Waals surface area contributed by atoms with Crippen LogP contribution >= 0.6 is 0 Å². The van der Waals surface area contributed by atoms with Crippen molar-refractivity contribution in [2.24, 2.45) is 11.8 Å². The predicted octanol–water partition coefficient (Wildman–Crippen LogP) is 1.35. The van der Waals surface area contributed by atoms with Crippen LogP contribution in [0.2, 0.25) is 0 Å². The van der Waals surface area contributed by atoms with Gasteiger partial charge in [0.25, 0.3) is 0 Å². The molecule has 3 aliphatic heterocycles. The molecule has 166 valence electrons. The summed E-state index contributed by atoms with van der Waals surface area (Å²) >= 11 is 0. The van der Waals surface area contributed by atoms with E-state index in [1.807, 2.05) is 13.8 Å². The van der Waals surface area contributed by atoms with Gasteiger partial charge in [0, 0.05) is 18.5 Å². The molecule has 2 amide bonds. The second-order valence-electron chi connectivity index (χ2n) is 8.85. The Balaban J connectivity index is 1.85. The van der Waals surface area contributed by atoms with Crippen molar-refractivity contribution >= 4 is 23.9 Å². The van der Waals surface area contributed by atoms with Gasteiger partial charge in [-0.3, -0.25) is 29.4 Å². The second-order valence-corrected chi connectivity index (χ2v) is 8.85. The van der Waals surface area contributed by atoms with Crippen molar-refractivity contribution < 1.29 is 28.0 Å². The van der Waals surface area contributed by atoms with Crippen molar-refractivity contribution in [3.05, 3.63) is 34.4 Å². The van der Waals surface area contributed by atoms with E-state index < -0.39 is 41.3 Å². The monoisotopic (exact) mass is 433 g/mol. The molecule has 4 atom stereocenters. The Kier molecular flexibility index (Phi) is 5.74. The topological polar surface area (TPSA) is 95.6 Å². The minimum Gasteiger partial charge on any atom is -0.316 e. The number of nitrogens with one attached hydrogen (secondary N) is 2. The number of piperidine rings is 2. The van der Waals surface area contributed by atoms with Crippen molar-refractivity contribution in [3.63, 3.8) is 0 Å². The van der Waals surface area contributed by atoms with Crippen LogP contribution < -0.4 is 10.6 Å². The van der Waals surface area contributed by atoms with E-state index in [2.05, 4.69) is 10.6 Å². The molecule has 3 aliphatic rings. The number of hydrogen-bond acceptors (Lipinski definition) is 6. The molecule has 0 spiro atoms. The van der Waals surface area contributed by atoms with Gasteiger partial charge in [0.05, 0.1) is 6.04 Å². The number of carbonyl (C=O) groups excluding carboxylic acids is 4. The third kappa shape index (κ3) is 3.59. The summed E-state index contributed by atoms with van der Waals surface area (Å²) in [6.07, 6.45) is 0.288. The fourth-order valence-corrected chi connectivity index (χ4v) is 5.53. The summed E-state index contributed by atoms with van der Waals surface area (Å²) in [7, 11) is 0. The highest BCUT2D eigenvalue weighted by Crippen LogP contribution is 2.46. The first-order valence-electron chi connectivity index (χ1n) is 10.5. The molecule has 2 fully saturated rings. The predicted molar refractivity (Wildman–Crippen MR) is 106 cm³/mol. The molecule has 0 radical (unpaired) electrons. The Bertz CT molecular complexity index is 957. The van der Waals surface area contributed by atoms with Crippen LogP contribution in [0.15, 0.2) is 6.07 Å². The standard InChI is InChI=1S/C22H25F2N3O4/c1-10-6-25-7-11(2)18(10)12-5-14(23)20(24)19-13(12)8-27(21(19)16(29)9-28)15-3-4-17(30)26-22(15)31/h5,9-11,15,18,21,25H,3-4,6-8H2,1-2H3,(H,26,30,31). The largest absolute Gasteiger partial charge is 0.316 e. The molecule has 3 heterocycles. The molecule has 2 N–H and O–H groups in total. The molecular weight excluding hydrogens is 408 g/mol. The van der Waals surface area contributed by atoms with Crippen LogP contribution in [0.3, 0.4) is 0 Å². The maximum Gasteiger partial charge on any atom is 0.243 e. The Labute approximate surface area is 178 Å². The molecule has 31 heavy (non-hydrogen) atoms. The SMILES string of the molecule is CC1CNCC(C)C1c1cc(F)c(F)c2c1CN(C1CCC(=O)NC1=O)C2C(=O)C=O. The van der Waals surface area contributed by atoms with Crippen LogP contribution in [-0.2, 0) is 25.7 Å². The lowest BCUT2D eigenvalue weighted by Crippen LogP contribution is -2.52. The van der Waals surface area contributed by atoms with E-state index >= 15 is 4.39 Å². The molecule has 2 saturated heterocycles. The number of rotatable bonds is 4. The molecule has 0 bridgehead atoms. The van der Waals surface area contributed by atoms with Crippen LogP contribution in [0.1, 0.15) is 55.3 Å². The Morgan fingerprint density at radius 1 is 1.19 bits per heavy atom. The van der Waals surface area contributed by atoms with Crippen molar-refractivity contribution in [1.29, 1.82) is 0 Å². The van der Waals surface area contributed by atoms with E-state index in [0.29, 0.717) is 11.1 Å². The number of Topliss-reactive ketones (excluding diaryl/α,β-unsaturated/α-hetero) is 1. The number of aldehydes is 1. The number of imide groups is 1. The van der Waals surface area contributed by atoms with E-state index in [1.165, 1.54) is 11.0 Å². The highest BCUT2D eigenvalue weighted by atomic mass is 19.2.